The zero-order valence-corrected chi connectivity index (χ0v) is 10.7. The molecule has 2 rings (SSSR count). The van der Waals surface area contributed by atoms with Crippen molar-refractivity contribution < 1.29 is 14.3 Å². The van der Waals surface area contributed by atoms with E-state index in [-0.39, 0.29) is 18.5 Å². The Bertz CT molecular complexity index is 417. The fourth-order valence-corrected chi connectivity index (χ4v) is 2.05. The molecule has 0 radical (unpaired) electrons. The molecule has 1 unspecified atom stereocenters. The van der Waals surface area contributed by atoms with Gasteiger partial charge in [0.2, 0.25) is 0 Å². The molecule has 0 saturated carbocycles. The van der Waals surface area contributed by atoms with Crippen LogP contribution in [0.1, 0.15) is 28.2 Å². The van der Waals surface area contributed by atoms with Gasteiger partial charge in [0.25, 0.3) is 0 Å². The van der Waals surface area contributed by atoms with Gasteiger partial charge in [0.05, 0.1) is 12.7 Å². The van der Waals surface area contributed by atoms with Crippen LogP contribution in [0.4, 0.5) is 0 Å². The van der Waals surface area contributed by atoms with Crippen LogP contribution in [0.25, 0.3) is 0 Å². The van der Waals surface area contributed by atoms with E-state index in [4.69, 9.17) is 9.47 Å². The zero-order chi connectivity index (χ0) is 12.4. The fraction of sp³-hybridized carbons (Fsp3) is 0.615. The second-order valence-corrected chi connectivity index (χ2v) is 4.56. The predicted molar refractivity (Wildman–Crippen MR) is 64.4 cm³/mol. The first-order valence-corrected chi connectivity index (χ1v) is 5.95. The molecule has 0 spiro atoms. The van der Waals surface area contributed by atoms with Gasteiger partial charge >= 0.3 is 0 Å². The molecular formula is C13H19NO3. The molecule has 0 aromatic carbocycles. The van der Waals surface area contributed by atoms with Gasteiger partial charge < -0.3 is 14.0 Å². The number of carbonyl (C=O) groups excluding carboxylic acids is 1. The van der Waals surface area contributed by atoms with E-state index in [1.165, 1.54) is 0 Å². The van der Waals surface area contributed by atoms with E-state index in [9.17, 15) is 4.79 Å². The van der Waals surface area contributed by atoms with Gasteiger partial charge in [0.15, 0.2) is 5.78 Å². The molecule has 1 aliphatic rings. The highest BCUT2D eigenvalue weighted by molar-refractivity contribution is 5.98. The predicted octanol–water partition coefficient (Wildman–Crippen LogP) is 1.63. The zero-order valence-electron chi connectivity index (χ0n) is 10.7. The molecule has 1 saturated heterocycles. The standard InChI is InChI=1S/C13H19NO3/c1-9-6-12(10(2)14(9)3)13(15)8-17-11-4-5-16-7-11/h6,11H,4-5,7-8H2,1-3H3. The SMILES string of the molecule is Cc1cc(C(=O)COC2CCOC2)c(C)n1C. The number of nitrogens with zero attached hydrogens (tertiary/aromatic N) is 1. The molecule has 4 nitrogen and oxygen atoms in total. The van der Waals surface area contributed by atoms with Crippen molar-refractivity contribution in [3.8, 4) is 0 Å². The number of hydrogen-bond donors (Lipinski definition) is 0. The number of rotatable bonds is 4. The molecule has 94 valence electrons. The van der Waals surface area contributed by atoms with Gasteiger partial charge in [0.1, 0.15) is 6.61 Å². The third kappa shape index (κ3) is 2.58. The summed E-state index contributed by atoms with van der Waals surface area (Å²) in [4.78, 5) is 12.0. The summed E-state index contributed by atoms with van der Waals surface area (Å²) >= 11 is 0. The van der Waals surface area contributed by atoms with Gasteiger partial charge in [-0.05, 0) is 26.3 Å². The van der Waals surface area contributed by atoms with Crippen LogP contribution in [-0.2, 0) is 16.5 Å². The van der Waals surface area contributed by atoms with Gasteiger partial charge in [-0.1, -0.05) is 0 Å². The molecule has 2 heterocycles. The van der Waals surface area contributed by atoms with Crippen LogP contribution >= 0.6 is 0 Å². The molecule has 0 bridgehead atoms. The summed E-state index contributed by atoms with van der Waals surface area (Å²) in [6, 6.07) is 1.92. The number of carbonyl (C=O) groups is 1. The van der Waals surface area contributed by atoms with Crippen molar-refractivity contribution in [3.63, 3.8) is 0 Å². The van der Waals surface area contributed by atoms with Crippen molar-refractivity contribution in [1.29, 1.82) is 0 Å². The summed E-state index contributed by atoms with van der Waals surface area (Å²) in [5.41, 5.74) is 2.86. The van der Waals surface area contributed by atoms with E-state index in [1.54, 1.807) is 0 Å². The molecule has 17 heavy (non-hydrogen) atoms. The normalized spacial score (nSPS) is 19.8. The average Bonchev–Trinajstić information content (AvgIpc) is 2.91. The van der Waals surface area contributed by atoms with Crippen LogP contribution in [0.15, 0.2) is 6.07 Å². The molecule has 1 aliphatic heterocycles. The number of aryl methyl sites for hydroxylation is 1. The largest absolute Gasteiger partial charge is 0.379 e. The Morgan fingerprint density at radius 3 is 2.88 bits per heavy atom. The first kappa shape index (κ1) is 12.3. The van der Waals surface area contributed by atoms with Gasteiger partial charge in [-0.15, -0.1) is 0 Å². The van der Waals surface area contributed by atoms with Crippen LogP contribution < -0.4 is 0 Å². The van der Waals surface area contributed by atoms with E-state index in [2.05, 4.69) is 0 Å². The van der Waals surface area contributed by atoms with Crippen molar-refractivity contribution in [2.75, 3.05) is 19.8 Å². The Morgan fingerprint density at radius 2 is 2.35 bits per heavy atom. The minimum atomic E-state index is 0.0538. The van der Waals surface area contributed by atoms with E-state index < -0.39 is 0 Å². The first-order valence-electron chi connectivity index (χ1n) is 5.95. The molecule has 4 heteroatoms. The van der Waals surface area contributed by atoms with Gasteiger partial charge in [-0.3, -0.25) is 4.79 Å². The number of aromatic nitrogens is 1. The van der Waals surface area contributed by atoms with Crippen molar-refractivity contribution >= 4 is 5.78 Å². The number of ether oxygens (including phenoxy) is 2. The first-order chi connectivity index (χ1) is 8.09. The lowest BCUT2D eigenvalue weighted by Gasteiger charge is -2.08. The lowest BCUT2D eigenvalue weighted by Crippen LogP contribution is -2.18. The molecule has 1 aromatic heterocycles. The lowest BCUT2D eigenvalue weighted by atomic mass is 10.1. The summed E-state index contributed by atoms with van der Waals surface area (Å²) in [5.74, 6) is 0.0538. The van der Waals surface area contributed by atoms with Gasteiger partial charge in [-0.25, -0.2) is 0 Å². The van der Waals surface area contributed by atoms with Crippen molar-refractivity contribution in [2.24, 2.45) is 7.05 Å². The maximum Gasteiger partial charge on any atom is 0.190 e. The smallest absolute Gasteiger partial charge is 0.190 e. The van der Waals surface area contributed by atoms with E-state index in [1.807, 2.05) is 31.5 Å². The van der Waals surface area contributed by atoms with Crippen LogP contribution in [0.2, 0.25) is 0 Å². The molecule has 1 atom stereocenters. The van der Waals surface area contributed by atoms with Crippen molar-refractivity contribution in [1.82, 2.24) is 4.57 Å². The van der Waals surface area contributed by atoms with Crippen molar-refractivity contribution in [2.45, 2.75) is 26.4 Å². The van der Waals surface area contributed by atoms with E-state index in [0.29, 0.717) is 6.61 Å². The lowest BCUT2D eigenvalue weighted by molar-refractivity contribution is 0.0390. The highest BCUT2D eigenvalue weighted by atomic mass is 16.5. The van der Waals surface area contributed by atoms with Crippen LogP contribution in [0.3, 0.4) is 0 Å². The average molecular weight is 237 g/mol. The second-order valence-electron chi connectivity index (χ2n) is 4.56. The second kappa shape index (κ2) is 5.02. The van der Waals surface area contributed by atoms with Crippen LogP contribution in [0.5, 0.6) is 0 Å². The van der Waals surface area contributed by atoms with Crippen LogP contribution in [0, 0.1) is 13.8 Å². The monoisotopic (exact) mass is 237 g/mol. The Morgan fingerprint density at radius 1 is 1.59 bits per heavy atom. The molecule has 1 fully saturated rings. The molecular weight excluding hydrogens is 218 g/mol. The molecule has 0 N–H and O–H groups in total. The van der Waals surface area contributed by atoms with Gasteiger partial charge in [0, 0.05) is 30.6 Å². The third-order valence-corrected chi connectivity index (χ3v) is 3.41. The number of ketones is 1. The Balaban J connectivity index is 1.96. The highest BCUT2D eigenvalue weighted by Crippen LogP contribution is 2.15. The summed E-state index contributed by atoms with van der Waals surface area (Å²) in [7, 11) is 1.97. The Labute approximate surface area is 102 Å². The summed E-state index contributed by atoms with van der Waals surface area (Å²) in [6.07, 6.45) is 0.976. The highest BCUT2D eigenvalue weighted by Gasteiger charge is 2.19. The summed E-state index contributed by atoms with van der Waals surface area (Å²) in [6.45, 7) is 5.45. The maximum atomic E-state index is 12.0. The minimum Gasteiger partial charge on any atom is -0.379 e. The van der Waals surface area contributed by atoms with Crippen LogP contribution in [-0.4, -0.2) is 36.3 Å². The quantitative estimate of drug-likeness (QED) is 0.747. The molecule has 0 amide bonds. The van der Waals surface area contributed by atoms with Crippen molar-refractivity contribution in [3.05, 3.63) is 23.0 Å². The Hall–Kier alpha value is -1.13. The number of Topliss-reactive ketones (excluding diaryl/α,β-unsaturated/α-hetero) is 1. The molecule has 0 aliphatic carbocycles. The number of hydrogen-bond acceptors (Lipinski definition) is 3. The fourth-order valence-electron chi connectivity index (χ4n) is 2.05. The summed E-state index contributed by atoms with van der Waals surface area (Å²) < 4.78 is 12.8. The van der Waals surface area contributed by atoms with E-state index >= 15 is 0 Å². The van der Waals surface area contributed by atoms with E-state index in [0.717, 1.165) is 30.0 Å². The topological polar surface area (TPSA) is 40.5 Å². The third-order valence-electron chi connectivity index (χ3n) is 3.41. The minimum absolute atomic E-state index is 0.0538. The maximum absolute atomic E-state index is 12.0. The summed E-state index contributed by atoms with van der Waals surface area (Å²) in [5, 5.41) is 0. The van der Waals surface area contributed by atoms with Gasteiger partial charge in [-0.2, -0.15) is 0 Å². The molecule has 1 aromatic rings. The Kier molecular flexibility index (Phi) is 3.64.